The van der Waals surface area contributed by atoms with Crippen molar-refractivity contribution >= 4 is 29.1 Å². The minimum Gasteiger partial charge on any atom is -0.479 e. The third-order valence-electron chi connectivity index (χ3n) is 3.69. The van der Waals surface area contributed by atoms with Gasteiger partial charge in [-0.1, -0.05) is 23.2 Å². The standard InChI is InChI=1S/C18H17Cl2N3O3/c1-12(26-17-3-2-15(19)8-16(17)20)18(24)21-5-6-23-10-14(9-22-23)13-4-7-25-11-13/h2-4,7-12H,5-6H2,1H3,(H,21,24)/t12-/m1/s1. The molecule has 0 saturated carbocycles. The van der Waals surface area contributed by atoms with Crippen LogP contribution in [0.25, 0.3) is 11.1 Å². The molecule has 3 rings (SSSR count). The second kappa shape index (κ2) is 8.29. The number of carbonyl (C=O) groups excluding carboxylic acids is 1. The summed E-state index contributed by atoms with van der Waals surface area (Å²) in [5, 5.41) is 7.95. The van der Waals surface area contributed by atoms with Crippen molar-refractivity contribution < 1.29 is 13.9 Å². The lowest BCUT2D eigenvalue weighted by Gasteiger charge is -2.15. The monoisotopic (exact) mass is 393 g/mol. The van der Waals surface area contributed by atoms with Gasteiger partial charge in [-0.05, 0) is 31.2 Å². The molecule has 0 saturated heterocycles. The van der Waals surface area contributed by atoms with E-state index in [-0.39, 0.29) is 5.91 Å². The highest BCUT2D eigenvalue weighted by Gasteiger charge is 2.16. The van der Waals surface area contributed by atoms with E-state index in [0.717, 1.165) is 11.1 Å². The summed E-state index contributed by atoms with van der Waals surface area (Å²) in [6.45, 7) is 2.62. The third-order valence-corrected chi connectivity index (χ3v) is 4.23. The molecule has 2 aromatic heterocycles. The lowest BCUT2D eigenvalue weighted by molar-refractivity contribution is -0.127. The van der Waals surface area contributed by atoms with E-state index in [0.29, 0.717) is 28.9 Å². The molecule has 0 radical (unpaired) electrons. The van der Waals surface area contributed by atoms with Crippen molar-refractivity contribution in [2.24, 2.45) is 0 Å². The van der Waals surface area contributed by atoms with Crippen LogP contribution in [0.1, 0.15) is 6.92 Å². The minimum atomic E-state index is -0.687. The first-order valence-electron chi connectivity index (χ1n) is 7.97. The summed E-state index contributed by atoms with van der Waals surface area (Å²) in [5.74, 6) is 0.175. The molecule has 1 amide bonds. The Morgan fingerprint density at radius 1 is 1.35 bits per heavy atom. The van der Waals surface area contributed by atoms with Crippen LogP contribution in [-0.4, -0.2) is 28.3 Å². The first-order chi connectivity index (χ1) is 12.5. The normalized spacial score (nSPS) is 12.0. The topological polar surface area (TPSA) is 69.3 Å². The molecule has 0 aliphatic carbocycles. The Bertz CT molecular complexity index is 878. The van der Waals surface area contributed by atoms with Gasteiger partial charge in [-0.15, -0.1) is 0 Å². The molecule has 2 heterocycles. The van der Waals surface area contributed by atoms with E-state index in [1.807, 2.05) is 12.3 Å². The van der Waals surface area contributed by atoms with E-state index in [4.69, 9.17) is 32.4 Å². The van der Waals surface area contributed by atoms with E-state index in [9.17, 15) is 4.79 Å². The smallest absolute Gasteiger partial charge is 0.260 e. The SMILES string of the molecule is C[C@@H](Oc1ccc(Cl)cc1Cl)C(=O)NCCn1cc(-c2ccoc2)cn1. The molecule has 8 heteroatoms. The molecule has 0 unspecified atom stereocenters. The van der Waals surface area contributed by atoms with E-state index >= 15 is 0 Å². The van der Waals surface area contributed by atoms with Crippen molar-refractivity contribution in [1.29, 1.82) is 0 Å². The Kier molecular flexibility index (Phi) is 5.85. The number of halogens is 2. The van der Waals surface area contributed by atoms with E-state index in [1.165, 1.54) is 0 Å². The predicted molar refractivity (Wildman–Crippen MR) is 99.5 cm³/mol. The zero-order valence-corrected chi connectivity index (χ0v) is 15.5. The van der Waals surface area contributed by atoms with Crippen molar-refractivity contribution in [1.82, 2.24) is 15.1 Å². The van der Waals surface area contributed by atoms with Crippen LogP contribution in [0, 0.1) is 0 Å². The van der Waals surface area contributed by atoms with Crippen molar-refractivity contribution in [3.8, 4) is 16.9 Å². The van der Waals surface area contributed by atoms with Crippen LogP contribution in [-0.2, 0) is 11.3 Å². The average molecular weight is 394 g/mol. The molecule has 0 fully saturated rings. The molecule has 0 aliphatic heterocycles. The fraction of sp³-hybridized carbons (Fsp3) is 0.222. The minimum absolute atomic E-state index is 0.238. The van der Waals surface area contributed by atoms with Crippen LogP contribution in [0.5, 0.6) is 5.75 Å². The third kappa shape index (κ3) is 4.59. The number of furan rings is 1. The number of nitrogens with one attached hydrogen (secondary N) is 1. The molecular formula is C18H17Cl2N3O3. The van der Waals surface area contributed by atoms with Gasteiger partial charge in [0, 0.05) is 28.9 Å². The Balaban J connectivity index is 1.47. The Morgan fingerprint density at radius 3 is 2.92 bits per heavy atom. The van der Waals surface area contributed by atoms with Crippen LogP contribution in [0.3, 0.4) is 0 Å². The van der Waals surface area contributed by atoms with Gasteiger partial charge in [0.1, 0.15) is 5.75 Å². The second-order valence-electron chi connectivity index (χ2n) is 5.63. The molecule has 0 spiro atoms. The van der Waals surface area contributed by atoms with Crippen LogP contribution in [0.2, 0.25) is 10.0 Å². The van der Waals surface area contributed by atoms with Gasteiger partial charge in [-0.3, -0.25) is 9.48 Å². The maximum absolute atomic E-state index is 12.2. The number of aromatic nitrogens is 2. The van der Waals surface area contributed by atoms with Gasteiger partial charge in [0.15, 0.2) is 6.10 Å². The molecular weight excluding hydrogens is 377 g/mol. The zero-order valence-electron chi connectivity index (χ0n) is 14.0. The quantitative estimate of drug-likeness (QED) is 0.657. The van der Waals surface area contributed by atoms with Crippen LogP contribution < -0.4 is 10.1 Å². The maximum atomic E-state index is 12.2. The van der Waals surface area contributed by atoms with E-state index in [2.05, 4.69) is 10.4 Å². The fourth-order valence-corrected chi connectivity index (χ4v) is 2.77. The summed E-state index contributed by atoms with van der Waals surface area (Å²) < 4.78 is 12.4. The summed E-state index contributed by atoms with van der Waals surface area (Å²) in [4.78, 5) is 12.2. The maximum Gasteiger partial charge on any atom is 0.260 e. The lowest BCUT2D eigenvalue weighted by atomic mass is 10.2. The molecule has 0 aliphatic rings. The number of hydrogen-bond acceptors (Lipinski definition) is 4. The van der Waals surface area contributed by atoms with Crippen LogP contribution in [0.4, 0.5) is 0 Å². The first-order valence-corrected chi connectivity index (χ1v) is 8.73. The van der Waals surface area contributed by atoms with Crippen LogP contribution in [0.15, 0.2) is 53.6 Å². The van der Waals surface area contributed by atoms with Crippen molar-refractivity contribution in [3.63, 3.8) is 0 Å². The molecule has 0 bridgehead atoms. The molecule has 6 nitrogen and oxygen atoms in total. The number of nitrogens with zero attached hydrogens (tertiary/aromatic N) is 2. The van der Waals surface area contributed by atoms with Gasteiger partial charge in [0.2, 0.25) is 0 Å². The molecule has 26 heavy (non-hydrogen) atoms. The number of carbonyl (C=O) groups is 1. The van der Waals surface area contributed by atoms with E-state index in [1.54, 1.807) is 48.5 Å². The van der Waals surface area contributed by atoms with Gasteiger partial charge in [-0.25, -0.2) is 0 Å². The highest BCUT2D eigenvalue weighted by atomic mass is 35.5. The first kappa shape index (κ1) is 18.4. The fourth-order valence-electron chi connectivity index (χ4n) is 2.32. The van der Waals surface area contributed by atoms with Gasteiger partial charge < -0.3 is 14.5 Å². The Morgan fingerprint density at radius 2 is 2.19 bits per heavy atom. The zero-order chi connectivity index (χ0) is 18.5. The highest BCUT2D eigenvalue weighted by molar-refractivity contribution is 6.35. The second-order valence-corrected chi connectivity index (χ2v) is 6.47. The predicted octanol–water partition coefficient (Wildman–Crippen LogP) is 4.03. The Labute approximate surface area is 160 Å². The summed E-state index contributed by atoms with van der Waals surface area (Å²) in [6, 6.07) is 6.72. The Hall–Kier alpha value is -2.44. The lowest BCUT2D eigenvalue weighted by Crippen LogP contribution is -2.38. The largest absolute Gasteiger partial charge is 0.479 e. The van der Waals surface area contributed by atoms with Gasteiger partial charge in [-0.2, -0.15) is 5.10 Å². The summed E-state index contributed by atoms with van der Waals surface area (Å²) in [6.07, 6.45) is 6.23. The van der Waals surface area contributed by atoms with Crippen molar-refractivity contribution in [3.05, 3.63) is 59.2 Å². The average Bonchev–Trinajstić information content (AvgIpc) is 3.28. The number of hydrogen-bond donors (Lipinski definition) is 1. The van der Waals surface area contributed by atoms with Crippen molar-refractivity contribution in [2.45, 2.75) is 19.6 Å². The summed E-state index contributed by atoms with van der Waals surface area (Å²) in [7, 11) is 0. The molecule has 1 N–H and O–H groups in total. The molecule has 1 aromatic carbocycles. The number of amides is 1. The summed E-state index contributed by atoms with van der Waals surface area (Å²) >= 11 is 11.9. The van der Waals surface area contributed by atoms with Gasteiger partial charge >= 0.3 is 0 Å². The van der Waals surface area contributed by atoms with Gasteiger partial charge in [0.05, 0.1) is 30.3 Å². The summed E-state index contributed by atoms with van der Waals surface area (Å²) in [5.41, 5.74) is 1.92. The van der Waals surface area contributed by atoms with E-state index < -0.39 is 6.10 Å². The molecule has 1 atom stereocenters. The molecule has 136 valence electrons. The molecule has 3 aromatic rings. The number of benzene rings is 1. The van der Waals surface area contributed by atoms with Crippen LogP contribution >= 0.6 is 23.2 Å². The highest BCUT2D eigenvalue weighted by Crippen LogP contribution is 2.28. The van der Waals surface area contributed by atoms with Crippen molar-refractivity contribution in [2.75, 3.05) is 6.54 Å². The van der Waals surface area contributed by atoms with Gasteiger partial charge in [0.25, 0.3) is 5.91 Å². The number of ether oxygens (including phenoxy) is 1. The number of rotatable bonds is 7.